The molecule has 0 saturated carbocycles. The first kappa shape index (κ1) is 24.0. The molecule has 5 heteroatoms. The molecule has 7 rings (SSSR count). The van der Waals surface area contributed by atoms with Crippen molar-refractivity contribution >= 4 is 45.0 Å². The minimum Gasteiger partial charge on any atom is -0.352 e. The fourth-order valence-electron chi connectivity index (χ4n) is 6.91. The van der Waals surface area contributed by atoms with Gasteiger partial charge in [0, 0.05) is 32.8 Å². The second kappa shape index (κ2) is 8.72. The highest BCUT2D eigenvalue weighted by Gasteiger charge is 2.71. The van der Waals surface area contributed by atoms with Gasteiger partial charge in [0.2, 0.25) is 0 Å². The number of rotatable bonds is 3. The number of halogens is 1. The smallest absolute Gasteiger partial charge is 0.185 e. The third-order valence-corrected chi connectivity index (χ3v) is 9.04. The summed E-state index contributed by atoms with van der Waals surface area (Å²) < 4.78 is 0.884. The van der Waals surface area contributed by atoms with Crippen LogP contribution >= 0.6 is 15.9 Å². The monoisotopic (exact) mass is 573 g/mol. The number of carbonyl (C=O) groups excluding carboxylic acids is 3. The van der Waals surface area contributed by atoms with Gasteiger partial charge in [-0.3, -0.25) is 14.4 Å². The summed E-state index contributed by atoms with van der Waals surface area (Å²) in [6.45, 7) is 2.03. The molecule has 0 bridgehead atoms. The zero-order chi connectivity index (χ0) is 26.9. The van der Waals surface area contributed by atoms with E-state index in [0.717, 1.165) is 26.9 Å². The van der Waals surface area contributed by atoms with E-state index >= 15 is 0 Å². The van der Waals surface area contributed by atoms with Crippen LogP contribution in [-0.4, -0.2) is 29.4 Å². The number of hydrogen-bond donors (Lipinski definition) is 0. The van der Waals surface area contributed by atoms with Crippen LogP contribution in [0.4, 0.5) is 5.69 Å². The van der Waals surface area contributed by atoms with E-state index in [0.29, 0.717) is 16.7 Å². The van der Waals surface area contributed by atoms with Gasteiger partial charge in [-0.2, -0.15) is 0 Å². The average molecular weight is 574 g/mol. The number of nitrogens with zero attached hydrogens (tertiary/aromatic N) is 1. The number of aryl methyl sites for hydroxylation is 1. The van der Waals surface area contributed by atoms with E-state index in [2.05, 4.69) is 26.9 Å². The maximum atomic E-state index is 14.6. The second-order valence-corrected chi connectivity index (χ2v) is 11.5. The number of Topliss-reactive ketones (excluding diaryl/α,β-unsaturated/α-hetero) is 3. The van der Waals surface area contributed by atoms with Gasteiger partial charge >= 0.3 is 0 Å². The molecule has 2 heterocycles. The van der Waals surface area contributed by atoms with Crippen LogP contribution in [0.1, 0.15) is 53.7 Å². The van der Waals surface area contributed by atoms with Crippen LogP contribution < -0.4 is 4.90 Å². The Morgan fingerprint density at radius 1 is 0.821 bits per heavy atom. The summed E-state index contributed by atoms with van der Waals surface area (Å²) in [6, 6.07) is 28.7. The molecule has 4 nitrogen and oxygen atoms in total. The van der Waals surface area contributed by atoms with Crippen LogP contribution in [0.2, 0.25) is 0 Å². The molecule has 0 radical (unpaired) electrons. The fourth-order valence-corrected chi connectivity index (χ4v) is 7.18. The van der Waals surface area contributed by atoms with Gasteiger partial charge in [-0.1, -0.05) is 106 Å². The van der Waals surface area contributed by atoms with Crippen molar-refractivity contribution in [2.45, 2.75) is 24.9 Å². The lowest BCUT2D eigenvalue weighted by atomic mass is 9.64. The molecule has 1 fully saturated rings. The third kappa shape index (κ3) is 3.26. The molecule has 1 unspecified atom stereocenters. The van der Waals surface area contributed by atoms with E-state index in [4.69, 9.17) is 0 Å². The van der Waals surface area contributed by atoms with Crippen LogP contribution in [0.3, 0.4) is 0 Å². The number of fused-ring (bicyclic) bond motifs is 5. The second-order valence-electron chi connectivity index (χ2n) is 10.6. The Kier molecular flexibility index (Phi) is 5.36. The third-order valence-electron chi connectivity index (χ3n) is 8.52. The Hall–Kier alpha value is -4.09. The van der Waals surface area contributed by atoms with Crippen LogP contribution in [0, 0.1) is 12.3 Å². The zero-order valence-corrected chi connectivity index (χ0v) is 22.8. The molecular formula is C34H24BrNO3. The summed E-state index contributed by atoms with van der Waals surface area (Å²) in [5.41, 5.74) is 3.66. The Balaban J connectivity index is 1.55. The lowest BCUT2D eigenvalue weighted by Gasteiger charge is -2.37. The Bertz CT molecular complexity index is 1670. The van der Waals surface area contributed by atoms with Crippen molar-refractivity contribution in [1.82, 2.24) is 0 Å². The van der Waals surface area contributed by atoms with Crippen molar-refractivity contribution < 1.29 is 14.4 Å². The van der Waals surface area contributed by atoms with E-state index in [1.54, 1.807) is 24.3 Å². The SMILES string of the molecule is Cc1ccc2c(c1)C=CC1N2[C@@H](C(=O)c2ccccc2)[C@H](c2ccc(Br)cc2)C12C(=O)c1ccccc1C2=O. The van der Waals surface area contributed by atoms with E-state index in [1.807, 2.05) is 85.8 Å². The number of carbonyl (C=O) groups is 3. The number of ketones is 3. The van der Waals surface area contributed by atoms with Gasteiger partial charge in [0.25, 0.3) is 0 Å². The summed E-state index contributed by atoms with van der Waals surface area (Å²) in [5, 5.41) is 0. The molecular weight excluding hydrogens is 550 g/mol. The van der Waals surface area contributed by atoms with Crippen LogP contribution in [0.25, 0.3) is 6.08 Å². The van der Waals surface area contributed by atoms with Crippen molar-refractivity contribution in [2.75, 3.05) is 4.90 Å². The lowest BCUT2D eigenvalue weighted by molar-refractivity contribution is 0.0666. The molecule has 1 spiro atoms. The van der Waals surface area contributed by atoms with Gasteiger partial charge in [0.05, 0.1) is 6.04 Å². The summed E-state index contributed by atoms with van der Waals surface area (Å²) in [5.74, 6) is -1.24. The lowest BCUT2D eigenvalue weighted by Crippen LogP contribution is -2.48. The number of benzene rings is 4. The zero-order valence-electron chi connectivity index (χ0n) is 21.2. The van der Waals surface area contributed by atoms with Gasteiger partial charge in [-0.25, -0.2) is 0 Å². The first-order valence-electron chi connectivity index (χ1n) is 13.0. The van der Waals surface area contributed by atoms with Gasteiger partial charge in [-0.05, 0) is 42.3 Å². The van der Waals surface area contributed by atoms with E-state index in [9.17, 15) is 14.4 Å². The summed E-state index contributed by atoms with van der Waals surface area (Å²) in [7, 11) is 0. The first-order chi connectivity index (χ1) is 18.9. The molecule has 2 aliphatic heterocycles. The van der Waals surface area contributed by atoms with Crippen molar-refractivity contribution in [3.63, 3.8) is 0 Å². The maximum Gasteiger partial charge on any atom is 0.185 e. The standard InChI is InChI=1S/C34H24BrNO3/c1-20-11-17-27-23(19-20)14-18-28-34(32(38)25-9-5-6-10-26(25)33(34)39)29(21-12-15-24(35)16-13-21)30(36(27)28)31(37)22-7-3-2-4-8-22/h2-19,28-30H,1H3/t28?,29-,30+/m0/s1. The minimum atomic E-state index is -1.48. The van der Waals surface area contributed by atoms with Gasteiger partial charge in [0.1, 0.15) is 11.5 Å². The van der Waals surface area contributed by atoms with Crippen LogP contribution in [-0.2, 0) is 0 Å². The molecule has 190 valence electrons. The van der Waals surface area contributed by atoms with Gasteiger partial charge in [0.15, 0.2) is 17.3 Å². The molecule has 39 heavy (non-hydrogen) atoms. The number of hydrogen-bond acceptors (Lipinski definition) is 4. The van der Waals surface area contributed by atoms with Crippen molar-refractivity contribution in [3.8, 4) is 0 Å². The predicted molar refractivity (Wildman–Crippen MR) is 155 cm³/mol. The molecule has 0 N–H and O–H groups in total. The van der Waals surface area contributed by atoms with Gasteiger partial charge in [-0.15, -0.1) is 0 Å². The normalized spacial score (nSPS) is 22.1. The number of anilines is 1. The van der Waals surface area contributed by atoms with E-state index in [-0.39, 0.29) is 17.3 Å². The maximum absolute atomic E-state index is 14.6. The minimum absolute atomic E-state index is 0.108. The van der Waals surface area contributed by atoms with Crippen molar-refractivity contribution in [2.24, 2.45) is 5.41 Å². The van der Waals surface area contributed by atoms with Crippen molar-refractivity contribution in [1.29, 1.82) is 0 Å². The predicted octanol–water partition coefficient (Wildman–Crippen LogP) is 7.07. The highest BCUT2D eigenvalue weighted by atomic mass is 79.9. The summed E-state index contributed by atoms with van der Waals surface area (Å²) in [6.07, 6.45) is 3.97. The molecule has 0 aromatic heterocycles. The Morgan fingerprint density at radius 3 is 2.13 bits per heavy atom. The van der Waals surface area contributed by atoms with Crippen LogP contribution in [0.5, 0.6) is 0 Å². The molecule has 1 saturated heterocycles. The molecule has 4 aromatic carbocycles. The Labute approximate surface area is 235 Å². The van der Waals surface area contributed by atoms with Crippen molar-refractivity contribution in [3.05, 3.63) is 141 Å². The van der Waals surface area contributed by atoms with E-state index < -0.39 is 23.4 Å². The van der Waals surface area contributed by atoms with E-state index in [1.165, 1.54) is 0 Å². The topological polar surface area (TPSA) is 54.5 Å². The fraction of sp³-hybridized carbons (Fsp3) is 0.147. The quantitative estimate of drug-likeness (QED) is 0.194. The molecule has 0 amide bonds. The summed E-state index contributed by atoms with van der Waals surface area (Å²) in [4.78, 5) is 45.8. The highest BCUT2D eigenvalue weighted by Crippen LogP contribution is 2.61. The molecule has 3 atom stereocenters. The van der Waals surface area contributed by atoms with Gasteiger partial charge < -0.3 is 4.90 Å². The summed E-state index contributed by atoms with van der Waals surface area (Å²) >= 11 is 3.52. The Morgan fingerprint density at radius 2 is 1.46 bits per heavy atom. The molecule has 1 aliphatic carbocycles. The molecule has 4 aromatic rings. The van der Waals surface area contributed by atoms with Crippen LogP contribution in [0.15, 0.2) is 108 Å². The highest BCUT2D eigenvalue weighted by molar-refractivity contribution is 9.10. The first-order valence-corrected chi connectivity index (χ1v) is 13.8. The average Bonchev–Trinajstić information content (AvgIpc) is 3.39. The molecule has 3 aliphatic rings. The largest absolute Gasteiger partial charge is 0.352 e.